The predicted octanol–water partition coefficient (Wildman–Crippen LogP) is 2.59. The van der Waals surface area contributed by atoms with Gasteiger partial charge in [0.2, 0.25) is 0 Å². The molecular formula is C20H25BrN2O6. The summed E-state index contributed by atoms with van der Waals surface area (Å²) in [6.07, 6.45) is 0. The fourth-order valence-corrected chi connectivity index (χ4v) is 3.99. The minimum Gasteiger partial charge on any atom is -0.496 e. The van der Waals surface area contributed by atoms with Crippen LogP contribution in [0, 0.1) is 0 Å². The highest BCUT2D eigenvalue weighted by atomic mass is 79.9. The Hall–Kier alpha value is -2.10. The molecule has 0 aliphatic carbocycles. The van der Waals surface area contributed by atoms with Gasteiger partial charge in [-0.05, 0) is 35.0 Å². The maximum Gasteiger partial charge on any atom is 0.340 e. The minimum absolute atomic E-state index is 0.00908. The summed E-state index contributed by atoms with van der Waals surface area (Å²) in [6.45, 7) is 5.26. The first-order valence-electron chi connectivity index (χ1n) is 9.42. The van der Waals surface area contributed by atoms with Crippen LogP contribution in [0.3, 0.4) is 0 Å². The zero-order valence-electron chi connectivity index (χ0n) is 16.8. The fraction of sp³-hybridized carbons (Fsp3) is 0.500. The van der Waals surface area contributed by atoms with Gasteiger partial charge in [0.05, 0.1) is 49.6 Å². The number of carbonyl (C=O) groups is 2. The van der Waals surface area contributed by atoms with E-state index in [9.17, 15) is 9.59 Å². The van der Waals surface area contributed by atoms with Gasteiger partial charge in [-0.1, -0.05) is 0 Å². The van der Waals surface area contributed by atoms with Crippen LogP contribution in [0.5, 0.6) is 5.75 Å². The first-order valence-corrected chi connectivity index (χ1v) is 10.2. The second-order valence-electron chi connectivity index (χ2n) is 6.60. The van der Waals surface area contributed by atoms with Crippen LogP contribution < -0.4 is 4.74 Å². The van der Waals surface area contributed by atoms with Crippen molar-refractivity contribution in [3.63, 3.8) is 0 Å². The molecule has 0 radical (unpaired) electrons. The smallest absolute Gasteiger partial charge is 0.340 e. The number of nitrogens with zero attached hydrogens (tertiary/aromatic N) is 2. The standard InChI is InChI=1S/C20H25BrN2O6/c1-4-29-20(25)19-13-9-17(26-2)14(21)10-15(13)23(12-18(24)27-3)16(19)11-22-5-7-28-8-6-22/h9-10H,4-8,11-12H2,1-3H3. The summed E-state index contributed by atoms with van der Waals surface area (Å²) in [4.78, 5) is 27.3. The molecule has 1 aliphatic heterocycles. The quantitative estimate of drug-likeness (QED) is 0.577. The number of hydrogen-bond donors (Lipinski definition) is 0. The zero-order chi connectivity index (χ0) is 21.0. The lowest BCUT2D eigenvalue weighted by atomic mass is 10.1. The molecule has 158 valence electrons. The van der Waals surface area contributed by atoms with Crippen LogP contribution in [0.1, 0.15) is 23.0 Å². The first kappa shape index (κ1) is 21.6. The lowest BCUT2D eigenvalue weighted by molar-refractivity contribution is -0.141. The van der Waals surface area contributed by atoms with Crippen LogP contribution in [-0.4, -0.2) is 68.5 Å². The fourth-order valence-electron chi connectivity index (χ4n) is 3.50. The van der Waals surface area contributed by atoms with Crippen molar-refractivity contribution in [1.82, 2.24) is 9.47 Å². The number of carbonyl (C=O) groups excluding carboxylic acids is 2. The SMILES string of the molecule is CCOC(=O)c1c(CN2CCOCC2)n(CC(=O)OC)c2cc(Br)c(OC)cc12. The molecule has 0 bridgehead atoms. The molecule has 0 atom stereocenters. The monoisotopic (exact) mass is 468 g/mol. The molecule has 1 saturated heterocycles. The van der Waals surface area contributed by atoms with E-state index in [0.29, 0.717) is 42.2 Å². The molecule has 29 heavy (non-hydrogen) atoms. The van der Waals surface area contributed by atoms with E-state index in [1.54, 1.807) is 20.1 Å². The Morgan fingerprint density at radius 1 is 1.21 bits per heavy atom. The van der Waals surface area contributed by atoms with Gasteiger partial charge < -0.3 is 23.5 Å². The Balaban J connectivity index is 2.22. The lowest BCUT2D eigenvalue weighted by Crippen LogP contribution is -2.36. The molecule has 1 aromatic heterocycles. The molecule has 3 rings (SSSR count). The van der Waals surface area contributed by atoms with Gasteiger partial charge in [-0.25, -0.2) is 4.79 Å². The Morgan fingerprint density at radius 2 is 1.93 bits per heavy atom. The molecule has 0 amide bonds. The van der Waals surface area contributed by atoms with Crippen molar-refractivity contribution in [3.05, 3.63) is 27.9 Å². The third kappa shape index (κ3) is 4.57. The van der Waals surface area contributed by atoms with Gasteiger partial charge in [0.25, 0.3) is 0 Å². The maximum atomic E-state index is 12.9. The number of halogens is 1. The second kappa shape index (κ2) is 9.60. The van der Waals surface area contributed by atoms with Gasteiger partial charge in [-0.2, -0.15) is 0 Å². The molecule has 1 aromatic carbocycles. The van der Waals surface area contributed by atoms with E-state index in [-0.39, 0.29) is 13.2 Å². The Morgan fingerprint density at radius 3 is 2.55 bits per heavy atom. The lowest BCUT2D eigenvalue weighted by Gasteiger charge is -2.27. The van der Waals surface area contributed by atoms with Crippen molar-refractivity contribution >= 4 is 38.8 Å². The average molecular weight is 469 g/mol. The molecule has 1 fully saturated rings. The van der Waals surface area contributed by atoms with E-state index in [0.717, 1.165) is 23.1 Å². The number of methoxy groups -OCH3 is 2. The number of morpholine rings is 1. The van der Waals surface area contributed by atoms with Crippen LogP contribution in [0.2, 0.25) is 0 Å². The molecule has 8 nitrogen and oxygen atoms in total. The predicted molar refractivity (Wildman–Crippen MR) is 110 cm³/mol. The first-order chi connectivity index (χ1) is 14.0. The van der Waals surface area contributed by atoms with Crippen LogP contribution in [0.15, 0.2) is 16.6 Å². The van der Waals surface area contributed by atoms with Crippen molar-refractivity contribution in [3.8, 4) is 5.75 Å². The number of fused-ring (bicyclic) bond motifs is 1. The normalized spacial score (nSPS) is 14.8. The number of hydrogen-bond acceptors (Lipinski definition) is 7. The number of rotatable bonds is 7. The molecule has 1 aliphatic rings. The van der Waals surface area contributed by atoms with Crippen LogP contribution in [-0.2, 0) is 32.1 Å². The summed E-state index contributed by atoms with van der Waals surface area (Å²) in [5.41, 5.74) is 1.89. The summed E-state index contributed by atoms with van der Waals surface area (Å²) >= 11 is 3.50. The topological polar surface area (TPSA) is 79.2 Å². The highest BCUT2D eigenvalue weighted by Gasteiger charge is 2.27. The molecule has 0 spiro atoms. The van der Waals surface area contributed by atoms with Gasteiger partial charge in [0.1, 0.15) is 12.3 Å². The van der Waals surface area contributed by atoms with E-state index in [2.05, 4.69) is 20.8 Å². The summed E-state index contributed by atoms with van der Waals surface area (Å²) in [6, 6.07) is 3.64. The number of esters is 2. The van der Waals surface area contributed by atoms with Crippen molar-refractivity contribution in [2.45, 2.75) is 20.0 Å². The van der Waals surface area contributed by atoms with Gasteiger partial charge in [0, 0.05) is 30.7 Å². The van der Waals surface area contributed by atoms with Crippen molar-refractivity contribution < 1.29 is 28.5 Å². The Bertz CT molecular complexity index is 904. The number of aromatic nitrogens is 1. The average Bonchev–Trinajstić information content (AvgIpc) is 3.00. The van der Waals surface area contributed by atoms with Gasteiger partial charge in [0.15, 0.2) is 0 Å². The highest BCUT2D eigenvalue weighted by molar-refractivity contribution is 9.10. The van der Waals surface area contributed by atoms with Crippen LogP contribution in [0.4, 0.5) is 0 Å². The summed E-state index contributed by atoms with van der Waals surface area (Å²) in [5.74, 6) is -0.225. The number of ether oxygens (including phenoxy) is 4. The van der Waals surface area contributed by atoms with E-state index in [1.807, 2.05) is 10.6 Å². The van der Waals surface area contributed by atoms with Gasteiger partial charge in [-0.15, -0.1) is 0 Å². The summed E-state index contributed by atoms with van der Waals surface area (Å²) in [7, 11) is 2.91. The van der Waals surface area contributed by atoms with Crippen molar-refractivity contribution in [2.24, 2.45) is 0 Å². The molecular weight excluding hydrogens is 444 g/mol. The second-order valence-corrected chi connectivity index (χ2v) is 7.45. The van der Waals surface area contributed by atoms with E-state index >= 15 is 0 Å². The maximum absolute atomic E-state index is 12.9. The Labute approximate surface area is 177 Å². The third-order valence-electron chi connectivity index (χ3n) is 4.92. The summed E-state index contributed by atoms with van der Waals surface area (Å²) < 4.78 is 23.7. The molecule has 0 unspecified atom stereocenters. The molecule has 2 aromatic rings. The van der Waals surface area contributed by atoms with Crippen molar-refractivity contribution in [1.29, 1.82) is 0 Å². The third-order valence-corrected chi connectivity index (χ3v) is 5.54. The van der Waals surface area contributed by atoms with E-state index < -0.39 is 11.9 Å². The van der Waals surface area contributed by atoms with Crippen molar-refractivity contribution in [2.75, 3.05) is 47.1 Å². The van der Waals surface area contributed by atoms with Crippen LogP contribution >= 0.6 is 15.9 Å². The molecule has 0 N–H and O–H groups in total. The van der Waals surface area contributed by atoms with E-state index in [4.69, 9.17) is 18.9 Å². The zero-order valence-corrected chi connectivity index (χ0v) is 18.4. The van der Waals surface area contributed by atoms with Gasteiger partial charge in [-0.3, -0.25) is 9.69 Å². The number of benzene rings is 1. The van der Waals surface area contributed by atoms with Crippen LogP contribution in [0.25, 0.3) is 10.9 Å². The highest BCUT2D eigenvalue weighted by Crippen LogP contribution is 2.36. The molecule has 2 heterocycles. The Kier molecular flexibility index (Phi) is 7.15. The molecule has 9 heteroatoms. The largest absolute Gasteiger partial charge is 0.496 e. The summed E-state index contributed by atoms with van der Waals surface area (Å²) in [5, 5.41) is 0.677. The molecule has 0 saturated carbocycles. The van der Waals surface area contributed by atoms with E-state index in [1.165, 1.54) is 7.11 Å². The minimum atomic E-state index is -0.422. The van der Waals surface area contributed by atoms with Gasteiger partial charge >= 0.3 is 11.9 Å².